The van der Waals surface area contributed by atoms with Crippen LogP contribution in [0.15, 0.2) is 42.5 Å². The van der Waals surface area contributed by atoms with Crippen LogP contribution in [-0.4, -0.2) is 15.0 Å². The van der Waals surface area contributed by atoms with E-state index in [0.29, 0.717) is 5.75 Å². The maximum atomic E-state index is 9.77. The van der Waals surface area contributed by atoms with Gasteiger partial charge >= 0.3 is 0 Å². The number of aromatic hydroxyl groups is 1. The Morgan fingerprint density at radius 1 is 0.900 bits per heavy atom. The molecule has 2 aromatic carbocycles. The Labute approximate surface area is 127 Å². The van der Waals surface area contributed by atoms with Crippen molar-refractivity contribution in [2.24, 2.45) is 0 Å². The molecule has 0 aliphatic rings. The maximum absolute atomic E-state index is 9.77. The van der Waals surface area contributed by atoms with Crippen LogP contribution in [0.2, 0.25) is 0 Å². The Morgan fingerprint density at radius 2 is 1.70 bits per heavy atom. The van der Waals surface area contributed by atoms with E-state index in [1.807, 2.05) is 12.1 Å². The molecular formula is C17H18BrNO. The molecule has 104 valence electrons. The van der Waals surface area contributed by atoms with Crippen molar-refractivity contribution in [3.05, 3.63) is 42.5 Å². The zero-order chi connectivity index (χ0) is 13.9. The number of alkyl halides is 1. The van der Waals surface area contributed by atoms with Crippen molar-refractivity contribution in [1.82, 2.24) is 4.57 Å². The van der Waals surface area contributed by atoms with E-state index in [1.54, 1.807) is 6.07 Å². The van der Waals surface area contributed by atoms with Gasteiger partial charge in [-0.2, -0.15) is 0 Å². The summed E-state index contributed by atoms with van der Waals surface area (Å²) in [6, 6.07) is 14.1. The van der Waals surface area contributed by atoms with E-state index in [4.69, 9.17) is 0 Å². The number of nitrogens with zero attached hydrogens (tertiary/aromatic N) is 1. The number of aromatic nitrogens is 1. The van der Waals surface area contributed by atoms with E-state index >= 15 is 0 Å². The van der Waals surface area contributed by atoms with Crippen LogP contribution in [0, 0.1) is 0 Å². The van der Waals surface area contributed by atoms with Gasteiger partial charge in [-0.05, 0) is 31.0 Å². The molecule has 20 heavy (non-hydrogen) atoms. The number of phenolic OH excluding ortho intramolecular Hbond substituents is 1. The van der Waals surface area contributed by atoms with Gasteiger partial charge in [0.2, 0.25) is 0 Å². The molecule has 3 aromatic rings. The molecule has 2 nitrogen and oxygen atoms in total. The quantitative estimate of drug-likeness (QED) is 0.512. The number of rotatable bonds is 5. The van der Waals surface area contributed by atoms with Crippen molar-refractivity contribution in [2.75, 3.05) is 5.33 Å². The second-order valence-corrected chi connectivity index (χ2v) is 5.91. The highest BCUT2D eigenvalue weighted by molar-refractivity contribution is 9.09. The van der Waals surface area contributed by atoms with E-state index in [9.17, 15) is 5.11 Å². The first-order valence-electron chi connectivity index (χ1n) is 7.07. The molecule has 1 heterocycles. The van der Waals surface area contributed by atoms with E-state index in [-0.39, 0.29) is 0 Å². The molecule has 1 aromatic heterocycles. The predicted molar refractivity (Wildman–Crippen MR) is 88.8 cm³/mol. The van der Waals surface area contributed by atoms with Crippen LogP contribution in [0.25, 0.3) is 21.8 Å². The predicted octanol–water partition coefficient (Wildman–Crippen LogP) is 5.07. The molecule has 0 radical (unpaired) electrons. The Hall–Kier alpha value is -1.48. The van der Waals surface area contributed by atoms with Crippen LogP contribution in [-0.2, 0) is 6.54 Å². The van der Waals surface area contributed by atoms with Crippen molar-refractivity contribution >= 4 is 37.7 Å². The highest BCUT2D eigenvalue weighted by Crippen LogP contribution is 2.31. The van der Waals surface area contributed by atoms with Gasteiger partial charge in [0.15, 0.2) is 0 Å². The summed E-state index contributed by atoms with van der Waals surface area (Å²) in [5, 5.41) is 13.3. The standard InChI is InChI=1S/C17H18BrNO/c18-10-4-1-5-11-19-16-7-3-2-6-14(16)15-9-8-13(20)12-17(15)19/h2-3,6-9,12,20H,1,4-5,10-11H2. The normalized spacial score (nSPS) is 11.4. The van der Waals surface area contributed by atoms with Crippen LogP contribution in [0.5, 0.6) is 5.75 Å². The lowest BCUT2D eigenvalue weighted by Crippen LogP contribution is -1.97. The summed E-state index contributed by atoms with van der Waals surface area (Å²) < 4.78 is 2.33. The van der Waals surface area contributed by atoms with E-state index in [1.165, 1.54) is 29.1 Å². The summed E-state index contributed by atoms with van der Waals surface area (Å²) in [4.78, 5) is 0. The van der Waals surface area contributed by atoms with Crippen LogP contribution in [0.4, 0.5) is 0 Å². The second-order valence-electron chi connectivity index (χ2n) is 5.12. The number of fused-ring (bicyclic) bond motifs is 3. The third-order valence-electron chi connectivity index (χ3n) is 3.77. The first-order chi connectivity index (χ1) is 9.81. The van der Waals surface area contributed by atoms with Crippen LogP contribution in [0.3, 0.4) is 0 Å². The topological polar surface area (TPSA) is 25.2 Å². The molecule has 0 fully saturated rings. The highest BCUT2D eigenvalue weighted by Gasteiger charge is 2.10. The molecular weight excluding hydrogens is 314 g/mol. The van der Waals surface area contributed by atoms with Gasteiger partial charge in [-0.25, -0.2) is 0 Å². The monoisotopic (exact) mass is 331 g/mol. The molecule has 0 aliphatic carbocycles. The Balaban J connectivity index is 2.08. The third kappa shape index (κ3) is 2.42. The molecule has 0 saturated heterocycles. The Kier molecular flexibility index (Phi) is 3.97. The Bertz CT molecular complexity index is 732. The smallest absolute Gasteiger partial charge is 0.117 e. The summed E-state index contributed by atoms with van der Waals surface area (Å²) in [5.74, 6) is 0.335. The molecule has 0 amide bonds. The molecule has 3 heteroatoms. The average molecular weight is 332 g/mol. The van der Waals surface area contributed by atoms with Crippen molar-refractivity contribution in [2.45, 2.75) is 25.8 Å². The summed E-state index contributed by atoms with van der Waals surface area (Å²) >= 11 is 3.48. The lowest BCUT2D eigenvalue weighted by molar-refractivity contribution is 0.475. The highest BCUT2D eigenvalue weighted by atomic mass is 79.9. The number of aryl methyl sites for hydroxylation is 1. The zero-order valence-electron chi connectivity index (χ0n) is 11.3. The number of hydrogen-bond donors (Lipinski definition) is 1. The molecule has 1 N–H and O–H groups in total. The minimum Gasteiger partial charge on any atom is -0.508 e. The number of benzene rings is 2. The summed E-state index contributed by atoms with van der Waals surface area (Å²) in [7, 11) is 0. The van der Waals surface area contributed by atoms with Gasteiger partial charge in [0.25, 0.3) is 0 Å². The van der Waals surface area contributed by atoms with Crippen LogP contribution in [0.1, 0.15) is 19.3 Å². The number of hydrogen-bond acceptors (Lipinski definition) is 1. The number of halogens is 1. The van der Waals surface area contributed by atoms with Crippen molar-refractivity contribution in [1.29, 1.82) is 0 Å². The van der Waals surface area contributed by atoms with Crippen LogP contribution >= 0.6 is 15.9 Å². The van der Waals surface area contributed by atoms with Crippen molar-refractivity contribution in [3.8, 4) is 5.75 Å². The summed E-state index contributed by atoms with van der Waals surface area (Å²) in [6.45, 7) is 1.00. The van der Waals surface area contributed by atoms with Gasteiger partial charge in [0, 0.05) is 34.2 Å². The zero-order valence-corrected chi connectivity index (χ0v) is 12.9. The molecule has 0 spiro atoms. The first-order valence-corrected chi connectivity index (χ1v) is 8.19. The van der Waals surface area contributed by atoms with Gasteiger partial charge in [-0.3, -0.25) is 0 Å². The minimum absolute atomic E-state index is 0.335. The van der Waals surface area contributed by atoms with Gasteiger partial charge in [-0.1, -0.05) is 40.5 Å². The summed E-state index contributed by atoms with van der Waals surface area (Å²) in [6.07, 6.45) is 3.59. The van der Waals surface area contributed by atoms with E-state index < -0.39 is 0 Å². The van der Waals surface area contributed by atoms with Gasteiger partial charge in [0.05, 0.1) is 5.52 Å². The second kappa shape index (κ2) is 5.88. The van der Waals surface area contributed by atoms with Gasteiger partial charge in [0.1, 0.15) is 5.75 Å². The average Bonchev–Trinajstić information content (AvgIpc) is 2.77. The number of para-hydroxylation sites is 1. The number of phenols is 1. The maximum Gasteiger partial charge on any atom is 0.117 e. The fraction of sp³-hybridized carbons (Fsp3) is 0.294. The van der Waals surface area contributed by atoms with Crippen LogP contribution < -0.4 is 0 Å². The molecule has 0 unspecified atom stereocenters. The first kappa shape index (κ1) is 13.5. The minimum atomic E-state index is 0.335. The van der Waals surface area contributed by atoms with E-state index in [0.717, 1.165) is 23.8 Å². The number of unbranched alkanes of at least 4 members (excludes halogenated alkanes) is 2. The largest absolute Gasteiger partial charge is 0.508 e. The summed E-state index contributed by atoms with van der Waals surface area (Å²) in [5.41, 5.74) is 2.39. The molecule has 0 saturated carbocycles. The fourth-order valence-corrected chi connectivity index (χ4v) is 3.22. The van der Waals surface area contributed by atoms with Gasteiger partial charge in [-0.15, -0.1) is 0 Å². The lowest BCUT2D eigenvalue weighted by atomic mass is 10.1. The molecule has 0 atom stereocenters. The van der Waals surface area contributed by atoms with E-state index in [2.05, 4.69) is 44.8 Å². The van der Waals surface area contributed by atoms with Crippen molar-refractivity contribution in [3.63, 3.8) is 0 Å². The molecule has 0 bridgehead atoms. The Morgan fingerprint density at radius 3 is 2.55 bits per heavy atom. The van der Waals surface area contributed by atoms with Gasteiger partial charge < -0.3 is 9.67 Å². The lowest BCUT2D eigenvalue weighted by Gasteiger charge is -2.07. The fourth-order valence-electron chi connectivity index (χ4n) is 2.82. The third-order valence-corrected chi connectivity index (χ3v) is 4.33. The molecule has 3 rings (SSSR count). The SMILES string of the molecule is Oc1ccc2c3ccccc3n(CCCCCBr)c2c1. The molecule has 0 aliphatic heterocycles. The van der Waals surface area contributed by atoms with Crippen molar-refractivity contribution < 1.29 is 5.11 Å².